The first kappa shape index (κ1) is 12.2. The predicted octanol–water partition coefficient (Wildman–Crippen LogP) is 2.08. The van der Waals surface area contributed by atoms with Gasteiger partial charge in [0, 0.05) is 18.3 Å². The number of rotatable bonds is 4. The van der Waals surface area contributed by atoms with E-state index in [1.807, 2.05) is 37.3 Å². The van der Waals surface area contributed by atoms with E-state index >= 15 is 0 Å². The Morgan fingerprint density at radius 3 is 2.78 bits per heavy atom. The third kappa shape index (κ3) is 3.62. The van der Waals surface area contributed by atoms with Crippen LogP contribution in [0.2, 0.25) is 0 Å². The van der Waals surface area contributed by atoms with Gasteiger partial charge in [0.05, 0.1) is 0 Å². The van der Waals surface area contributed by atoms with Gasteiger partial charge in [-0.25, -0.2) is 4.79 Å². The van der Waals surface area contributed by atoms with Crippen molar-refractivity contribution in [2.45, 2.75) is 13.3 Å². The molecule has 0 saturated carbocycles. The number of nitrogens with zero attached hydrogens (tertiary/aromatic N) is 1. The second-order valence-corrected chi connectivity index (χ2v) is 4.05. The Kier molecular flexibility index (Phi) is 3.96. The van der Waals surface area contributed by atoms with E-state index in [9.17, 15) is 4.79 Å². The normalized spacial score (nSPS) is 10.1. The highest BCUT2D eigenvalue weighted by atomic mass is 16.2. The molecule has 2 rings (SSSR count). The maximum atomic E-state index is 11.5. The Bertz CT molecular complexity index is 507. The van der Waals surface area contributed by atoms with Crippen LogP contribution in [0.4, 0.5) is 10.6 Å². The van der Waals surface area contributed by atoms with Gasteiger partial charge in [-0.05, 0) is 18.9 Å². The summed E-state index contributed by atoms with van der Waals surface area (Å²) < 4.78 is 0. The Balaban J connectivity index is 1.72. The summed E-state index contributed by atoms with van der Waals surface area (Å²) in [4.78, 5) is 11.5. The van der Waals surface area contributed by atoms with E-state index in [1.54, 1.807) is 6.07 Å². The van der Waals surface area contributed by atoms with Crippen LogP contribution in [0.25, 0.3) is 0 Å². The van der Waals surface area contributed by atoms with Crippen molar-refractivity contribution >= 4 is 11.8 Å². The van der Waals surface area contributed by atoms with E-state index in [0.29, 0.717) is 12.4 Å². The number of benzene rings is 1. The molecule has 18 heavy (non-hydrogen) atoms. The molecule has 0 fully saturated rings. The van der Waals surface area contributed by atoms with Crippen LogP contribution in [-0.2, 0) is 6.42 Å². The number of nitrogens with one attached hydrogen (secondary N) is 3. The molecule has 0 bridgehead atoms. The second-order valence-electron chi connectivity index (χ2n) is 4.05. The summed E-state index contributed by atoms with van der Waals surface area (Å²) in [5.74, 6) is 0.532. The number of hydrogen-bond acceptors (Lipinski definition) is 2. The lowest BCUT2D eigenvalue weighted by Gasteiger charge is -2.05. The highest BCUT2D eigenvalue weighted by molar-refractivity contribution is 5.88. The van der Waals surface area contributed by atoms with Crippen molar-refractivity contribution in [2.75, 3.05) is 11.9 Å². The van der Waals surface area contributed by atoms with Crippen LogP contribution in [0.5, 0.6) is 0 Å². The van der Waals surface area contributed by atoms with Crippen molar-refractivity contribution < 1.29 is 4.79 Å². The number of hydrogen-bond donors (Lipinski definition) is 3. The summed E-state index contributed by atoms with van der Waals surface area (Å²) in [5.41, 5.74) is 2.11. The zero-order chi connectivity index (χ0) is 12.8. The topological polar surface area (TPSA) is 69.8 Å². The molecule has 1 heterocycles. The van der Waals surface area contributed by atoms with Crippen LogP contribution in [0.15, 0.2) is 36.4 Å². The zero-order valence-electron chi connectivity index (χ0n) is 10.2. The number of anilines is 1. The van der Waals surface area contributed by atoms with Crippen molar-refractivity contribution in [2.24, 2.45) is 0 Å². The predicted molar refractivity (Wildman–Crippen MR) is 70.5 cm³/mol. The third-order valence-corrected chi connectivity index (χ3v) is 2.49. The van der Waals surface area contributed by atoms with Crippen LogP contribution < -0.4 is 10.6 Å². The first-order valence-electron chi connectivity index (χ1n) is 5.85. The smallest absolute Gasteiger partial charge is 0.320 e. The molecular weight excluding hydrogens is 228 g/mol. The molecule has 0 aliphatic heterocycles. The highest BCUT2D eigenvalue weighted by Gasteiger charge is 2.03. The Labute approximate surface area is 106 Å². The fourth-order valence-electron chi connectivity index (χ4n) is 1.61. The van der Waals surface area contributed by atoms with Crippen molar-refractivity contribution in [1.29, 1.82) is 0 Å². The van der Waals surface area contributed by atoms with Gasteiger partial charge in [0.15, 0.2) is 5.82 Å². The van der Waals surface area contributed by atoms with E-state index in [-0.39, 0.29) is 6.03 Å². The summed E-state index contributed by atoms with van der Waals surface area (Å²) in [7, 11) is 0. The van der Waals surface area contributed by atoms with Crippen molar-refractivity contribution in [3.8, 4) is 0 Å². The largest absolute Gasteiger partial charge is 0.337 e. The minimum atomic E-state index is -0.238. The van der Waals surface area contributed by atoms with Crippen LogP contribution in [0.1, 0.15) is 11.3 Å². The van der Waals surface area contributed by atoms with Gasteiger partial charge in [-0.1, -0.05) is 30.3 Å². The van der Waals surface area contributed by atoms with Crippen LogP contribution in [0.3, 0.4) is 0 Å². The average molecular weight is 244 g/mol. The first-order valence-corrected chi connectivity index (χ1v) is 5.85. The van der Waals surface area contributed by atoms with E-state index < -0.39 is 0 Å². The average Bonchev–Trinajstić information content (AvgIpc) is 2.76. The van der Waals surface area contributed by atoms with Crippen molar-refractivity contribution in [3.05, 3.63) is 47.7 Å². The minimum Gasteiger partial charge on any atom is -0.337 e. The molecule has 5 nitrogen and oxygen atoms in total. The number of aromatic amines is 1. The van der Waals surface area contributed by atoms with Gasteiger partial charge < -0.3 is 5.32 Å². The standard InChI is InChI=1S/C13H16N4O/c1-10-9-12(17-16-10)15-13(18)14-8-7-11-5-3-2-4-6-11/h2-6,9H,7-8H2,1H3,(H3,14,15,16,17,18). The van der Waals surface area contributed by atoms with Crippen LogP contribution >= 0.6 is 0 Å². The Hall–Kier alpha value is -2.30. The summed E-state index contributed by atoms with van der Waals surface area (Å²) in [5, 5.41) is 12.1. The number of amides is 2. The van der Waals surface area contributed by atoms with Crippen molar-refractivity contribution in [3.63, 3.8) is 0 Å². The number of aryl methyl sites for hydroxylation is 1. The molecule has 1 aromatic heterocycles. The lowest BCUT2D eigenvalue weighted by atomic mass is 10.1. The summed E-state index contributed by atoms with van der Waals surface area (Å²) in [6.45, 7) is 2.48. The molecule has 0 radical (unpaired) electrons. The van der Waals surface area contributed by atoms with Gasteiger partial charge in [-0.3, -0.25) is 10.4 Å². The Morgan fingerprint density at radius 1 is 1.33 bits per heavy atom. The molecule has 0 aliphatic rings. The number of carbonyl (C=O) groups is 1. The molecule has 0 spiro atoms. The molecule has 0 unspecified atom stereocenters. The summed E-state index contributed by atoms with van der Waals surface area (Å²) in [6.07, 6.45) is 0.813. The lowest BCUT2D eigenvalue weighted by Crippen LogP contribution is -2.30. The molecule has 5 heteroatoms. The first-order chi connectivity index (χ1) is 8.74. The molecule has 2 aromatic rings. The molecule has 0 atom stereocenters. The third-order valence-electron chi connectivity index (χ3n) is 2.49. The molecule has 0 aliphatic carbocycles. The van der Waals surface area contributed by atoms with E-state index in [1.165, 1.54) is 5.56 Å². The lowest BCUT2D eigenvalue weighted by molar-refractivity contribution is 0.252. The van der Waals surface area contributed by atoms with Gasteiger partial charge in [0.1, 0.15) is 0 Å². The molecule has 1 aromatic carbocycles. The van der Waals surface area contributed by atoms with E-state index in [0.717, 1.165) is 12.1 Å². The van der Waals surface area contributed by atoms with Gasteiger partial charge in [0.2, 0.25) is 0 Å². The van der Waals surface area contributed by atoms with Crippen LogP contribution in [-0.4, -0.2) is 22.8 Å². The maximum Gasteiger partial charge on any atom is 0.320 e. The van der Waals surface area contributed by atoms with Gasteiger partial charge in [-0.2, -0.15) is 5.10 Å². The minimum absolute atomic E-state index is 0.238. The summed E-state index contributed by atoms with van der Waals surface area (Å²) in [6, 6.07) is 11.6. The Morgan fingerprint density at radius 2 is 2.11 bits per heavy atom. The maximum absolute atomic E-state index is 11.5. The summed E-state index contributed by atoms with van der Waals surface area (Å²) >= 11 is 0. The van der Waals surface area contributed by atoms with Crippen molar-refractivity contribution in [1.82, 2.24) is 15.5 Å². The zero-order valence-corrected chi connectivity index (χ0v) is 10.2. The van der Waals surface area contributed by atoms with Crippen LogP contribution in [0, 0.1) is 6.92 Å². The van der Waals surface area contributed by atoms with E-state index in [2.05, 4.69) is 20.8 Å². The number of aromatic nitrogens is 2. The molecule has 0 saturated heterocycles. The number of urea groups is 1. The van der Waals surface area contributed by atoms with Gasteiger partial charge >= 0.3 is 6.03 Å². The monoisotopic (exact) mass is 244 g/mol. The SMILES string of the molecule is Cc1cc(NC(=O)NCCc2ccccc2)n[nH]1. The fourth-order valence-corrected chi connectivity index (χ4v) is 1.61. The molecular formula is C13H16N4O. The fraction of sp³-hybridized carbons (Fsp3) is 0.231. The number of H-pyrrole nitrogens is 1. The second kappa shape index (κ2) is 5.86. The molecule has 2 amide bonds. The molecule has 94 valence electrons. The number of carbonyl (C=O) groups excluding carboxylic acids is 1. The van der Waals surface area contributed by atoms with E-state index in [4.69, 9.17) is 0 Å². The highest BCUT2D eigenvalue weighted by Crippen LogP contribution is 2.03. The quantitative estimate of drug-likeness (QED) is 0.770. The molecule has 3 N–H and O–H groups in total. The van der Waals surface area contributed by atoms with Gasteiger partial charge in [0.25, 0.3) is 0 Å². The van der Waals surface area contributed by atoms with Gasteiger partial charge in [-0.15, -0.1) is 0 Å².